The van der Waals surface area contributed by atoms with Gasteiger partial charge in [0.2, 0.25) is 0 Å². The van der Waals surface area contributed by atoms with Gasteiger partial charge in [0, 0.05) is 5.56 Å². The van der Waals surface area contributed by atoms with Gasteiger partial charge in [-0.15, -0.1) is 0 Å². The SMILES string of the molecule is Cc1ccc(OC(C)C(=O)NNC(=S)NC(=O)c2ccc(-c3ccccc3)cc2)cc1C. The van der Waals surface area contributed by atoms with Crippen molar-refractivity contribution in [2.24, 2.45) is 0 Å². The molecule has 32 heavy (non-hydrogen) atoms. The topological polar surface area (TPSA) is 79.5 Å². The van der Waals surface area contributed by atoms with Gasteiger partial charge in [0.25, 0.3) is 11.8 Å². The summed E-state index contributed by atoms with van der Waals surface area (Å²) < 4.78 is 5.66. The fourth-order valence-electron chi connectivity index (χ4n) is 2.92. The number of hydrazine groups is 1. The third kappa shape index (κ3) is 6.15. The molecule has 0 spiro atoms. The second kappa shape index (κ2) is 10.5. The Kier molecular flexibility index (Phi) is 7.57. The maximum atomic E-state index is 12.4. The Morgan fingerprint density at radius 1 is 0.844 bits per heavy atom. The van der Waals surface area contributed by atoms with Gasteiger partial charge in [0.15, 0.2) is 11.2 Å². The summed E-state index contributed by atoms with van der Waals surface area (Å²) in [6.07, 6.45) is -0.756. The van der Waals surface area contributed by atoms with Gasteiger partial charge >= 0.3 is 0 Å². The lowest BCUT2D eigenvalue weighted by Gasteiger charge is -2.17. The lowest BCUT2D eigenvalue weighted by molar-refractivity contribution is -0.127. The molecule has 1 unspecified atom stereocenters. The zero-order valence-electron chi connectivity index (χ0n) is 18.1. The van der Waals surface area contributed by atoms with E-state index in [4.69, 9.17) is 17.0 Å². The van der Waals surface area contributed by atoms with Crippen LogP contribution in [0, 0.1) is 13.8 Å². The highest BCUT2D eigenvalue weighted by Gasteiger charge is 2.16. The number of benzene rings is 3. The van der Waals surface area contributed by atoms with Crippen LogP contribution in [0.15, 0.2) is 72.8 Å². The minimum absolute atomic E-state index is 0.0196. The molecule has 0 heterocycles. The average molecular weight is 448 g/mol. The molecule has 3 aromatic carbocycles. The molecule has 6 nitrogen and oxygen atoms in total. The van der Waals surface area contributed by atoms with Gasteiger partial charge < -0.3 is 4.74 Å². The van der Waals surface area contributed by atoms with Crippen LogP contribution in [0.1, 0.15) is 28.4 Å². The zero-order chi connectivity index (χ0) is 23.1. The average Bonchev–Trinajstić information content (AvgIpc) is 2.80. The number of aryl methyl sites for hydroxylation is 2. The molecule has 0 aliphatic carbocycles. The fourth-order valence-corrected chi connectivity index (χ4v) is 3.06. The maximum Gasteiger partial charge on any atom is 0.279 e. The lowest BCUT2D eigenvalue weighted by Crippen LogP contribution is -2.51. The normalized spacial score (nSPS) is 11.2. The Morgan fingerprint density at radius 3 is 2.16 bits per heavy atom. The number of hydrogen-bond donors (Lipinski definition) is 3. The largest absolute Gasteiger partial charge is 0.481 e. The number of rotatable bonds is 5. The Labute approximate surface area is 193 Å². The first-order chi connectivity index (χ1) is 15.3. The van der Waals surface area contributed by atoms with Crippen LogP contribution < -0.4 is 20.9 Å². The van der Waals surface area contributed by atoms with Gasteiger partial charge in [0.05, 0.1) is 0 Å². The predicted molar refractivity (Wildman–Crippen MR) is 129 cm³/mol. The minimum Gasteiger partial charge on any atom is -0.481 e. The number of thiocarbonyl (C=S) groups is 1. The molecule has 0 saturated heterocycles. The summed E-state index contributed by atoms with van der Waals surface area (Å²) in [6.45, 7) is 5.61. The number of ether oxygens (including phenoxy) is 1. The van der Waals surface area contributed by atoms with Gasteiger partial charge in [-0.2, -0.15) is 0 Å². The molecule has 3 rings (SSSR count). The molecule has 7 heteroatoms. The van der Waals surface area contributed by atoms with E-state index < -0.39 is 12.0 Å². The van der Waals surface area contributed by atoms with Gasteiger partial charge in [-0.1, -0.05) is 48.5 Å². The Balaban J connectivity index is 1.47. The van der Waals surface area contributed by atoms with Crippen molar-refractivity contribution in [3.05, 3.63) is 89.5 Å². The molecule has 1 atom stereocenters. The fraction of sp³-hybridized carbons (Fsp3) is 0.160. The van der Waals surface area contributed by atoms with Crippen molar-refractivity contribution in [2.45, 2.75) is 26.9 Å². The van der Waals surface area contributed by atoms with Crippen molar-refractivity contribution in [1.29, 1.82) is 0 Å². The molecule has 2 amide bonds. The summed E-state index contributed by atoms with van der Waals surface area (Å²) in [7, 11) is 0. The van der Waals surface area contributed by atoms with E-state index in [1.165, 1.54) is 0 Å². The number of carbonyl (C=O) groups excluding carboxylic acids is 2. The molecule has 3 N–H and O–H groups in total. The minimum atomic E-state index is -0.756. The first-order valence-electron chi connectivity index (χ1n) is 10.1. The monoisotopic (exact) mass is 447 g/mol. The van der Waals surface area contributed by atoms with Crippen LogP contribution in [0.5, 0.6) is 5.75 Å². The van der Waals surface area contributed by atoms with Crippen molar-refractivity contribution >= 4 is 29.1 Å². The summed E-state index contributed by atoms with van der Waals surface area (Å²) in [5, 5.41) is 2.52. The van der Waals surface area contributed by atoms with E-state index in [0.29, 0.717) is 11.3 Å². The van der Waals surface area contributed by atoms with E-state index in [0.717, 1.165) is 22.3 Å². The third-order valence-corrected chi connectivity index (χ3v) is 5.15. The summed E-state index contributed by atoms with van der Waals surface area (Å²) in [5.41, 5.74) is 9.72. The maximum absolute atomic E-state index is 12.4. The first-order valence-corrected chi connectivity index (χ1v) is 10.5. The van der Waals surface area contributed by atoms with Crippen LogP contribution in [-0.2, 0) is 4.79 Å². The van der Waals surface area contributed by atoms with Crippen LogP contribution in [0.2, 0.25) is 0 Å². The molecule has 0 aromatic heterocycles. The van der Waals surface area contributed by atoms with Crippen LogP contribution in [0.25, 0.3) is 11.1 Å². The van der Waals surface area contributed by atoms with Crippen LogP contribution in [0.4, 0.5) is 0 Å². The summed E-state index contributed by atoms with van der Waals surface area (Å²) in [4.78, 5) is 24.7. The summed E-state index contributed by atoms with van der Waals surface area (Å²) >= 11 is 5.10. The Hall–Kier alpha value is -3.71. The van der Waals surface area contributed by atoms with Crippen LogP contribution >= 0.6 is 12.2 Å². The molecule has 0 radical (unpaired) electrons. The van der Waals surface area contributed by atoms with E-state index >= 15 is 0 Å². The molecule has 3 aromatic rings. The quantitative estimate of drug-likeness (QED) is 0.406. The Bertz CT molecular complexity index is 1120. The second-order valence-corrected chi connectivity index (χ2v) is 7.76. The van der Waals surface area contributed by atoms with Gasteiger partial charge in [-0.3, -0.25) is 25.8 Å². The molecule has 0 bridgehead atoms. The molecular formula is C25H25N3O3S. The molecule has 0 saturated carbocycles. The second-order valence-electron chi connectivity index (χ2n) is 7.35. The highest BCUT2D eigenvalue weighted by atomic mass is 32.1. The van der Waals surface area contributed by atoms with Crippen LogP contribution in [0.3, 0.4) is 0 Å². The number of amides is 2. The van der Waals surface area contributed by atoms with Crippen molar-refractivity contribution < 1.29 is 14.3 Å². The predicted octanol–water partition coefficient (Wildman–Crippen LogP) is 4.07. The summed E-state index contributed by atoms with van der Waals surface area (Å²) in [6, 6.07) is 22.7. The highest BCUT2D eigenvalue weighted by Crippen LogP contribution is 2.19. The van der Waals surface area contributed by atoms with E-state index in [1.807, 2.05) is 74.5 Å². The summed E-state index contributed by atoms with van der Waals surface area (Å²) in [5.74, 6) is -0.201. The van der Waals surface area contributed by atoms with E-state index in [1.54, 1.807) is 19.1 Å². The van der Waals surface area contributed by atoms with Gasteiger partial charge in [0.1, 0.15) is 5.75 Å². The van der Waals surface area contributed by atoms with Crippen molar-refractivity contribution in [3.63, 3.8) is 0 Å². The molecule has 0 fully saturated rings. The van der Waals surface area contributed by atoms with Gasteiger partial charge in [-0.25, -0.2) is 0 Å². The standard InChI is InChI=1S/C25H25N3O3S/c1-16-9-14-22(15-17(16)2)31-18(3)23(29)27-28-25(32)26-24(30)21-12-10-20(11-13-21)19-7-5-4-6-8-19/h4-15,18H,1-3H3,(H,27,29)(H2,26,28,30,32). The van der Waals surface area contributed by atoms with E-state index in [2.05, 4.69) is 16.2 Å². The van der Waals surface area contributed by atoms with Gasteiger partial charge in [-0.05, 0) is 79.5 Å². The third-order valence-electron chi connectivity index (χ3n) is 4.94. The highest BCUT2D eigenvalue weighted by molar-refractivity contribution is 7.80. The number of carbonyl (C=O) groups is 2. The Morgan fingerprint density at radius 2 is 1.50 bits per heavy atom. The van der Waals surface area contributed by atoms with Crippen LogP contribution in [-0.4, -0.2) is 23.0 Å². The number of hydrogen-bond acceptors (Lipinski definition) is 4. The van der Waals surface area contributed by atoms with E-state index in [9.17, 15) is 9.59 Å². The lowest BCUT2D eigenvalue weighted by atomic mass is 10.0. The molecule has 164 valence electrons. The molecular weight excluding hydrogens is 422 g/mol. The van der Waals surface area contributed by atoms with Crippen molar-refractivity contribution in [3.8, 4) is 16.9 Å². The molecule has 0 aliphatic rings. The first kappa shape index (κ1) is 23.0. The zero-order valence-corrected chi connectivity index (χ0v) is 19.0. The van der Waals surface area contributed by atoms with E-state index in [-0.39, 0.29) is 11.0 Å². The molecule has 0 aliphatic heterocycles. The van der Waals surface area contributed by atoms with Crippen molar-refractivity contribution in [2.75, 3.05) is 0 Å². The smallest absolute Gasteiger partial charge is 0.279 e. The van der Waals surface area contributed by atoms with Crippen molar-refractivity contribution in [1.82, 2.24) is 16.2 Å². The number of nitrogens with one attached hydrogen (secondary N) is 3.